The molecular formula is C14H21NO2. The molecule has 0 aliphatic carbocycles. The largest absolute Gasteiger partial charge is 0.485 e. The van der Waals surface area contributed by atoms with Crippen molar-refractivity contribution in [2.24, 2.45) is 5.73 Å². The second kappa shape index (κ2) is 4.22. The molecule has 0 saturated heterocycles. The molecule has 2 atom stereocenters. The van der Waals surface area contributed by atoms with E-state index in [9.17, 15) is 0 Å². The summed E-state index contributed by atoms with van der Waals surface area (Å²) in [5, 5.41) is 0. The standard InChI is InChI=1S/C14H21NO2/c1-9(15)10(2)16-12-7-5-6-11-8-14(3,4)17-13(11)12/h5-7,9-10H,8,15H2,1-4H3. The van der Waals surface area contributed by atoms with Gasteiger partial charge in [-0.2, -0.15) is 0 Å². The van der Waals surface area contributed by atoms with Crippen LogP contribution in [0.25, 0.3) is 0 Å². The molecule has 0 saturated carbocycles. The number of nitrogens with two attached hydrogens (primary N) is 1. The number of hydrogen-bond acceptors (Lipinski definition) is 3. The van der Waals surface area contributed by atoms with Crippen LogP contribution >= 0.6 is 0 Å². The lowest BCUT2D eigenvalue weighted by Crippen LogP contribution is -2.33. The van der Waals surface area contributed by atoms with E-state index in [-0.39, 0.29) is 17.7 Å². The maximum Gasteiger partial charge on any atom is 0.165 e. The van der Waals surface area contributed by atoms with Crippen molar-refractivity contribution < 1.29 is 9.47 Å². The van der Waals surface area contributed by atoms with E-state index in [0.717, 1.165) is 17.9 Å². The summed E-state index contributed by atoms with van der Waals surface area (Å²) in [6.07, 6.45) is 0.903. The van der Waals surface area contributed by atoms with Crippen molar-refractivity contribution in [1.82, 2.24) is 0 Å². The third-order valence-electron chi connectivity index (χ3n) is 3.11. The summed E-state index contributed by atoms with van der Waals surface area (Å²) < 4.78 is 11.8. The molecule has 0 radical (unpaired) electrons. The van der Waals surface area contributed by atoms with Crippen LogP contribution in [0.4, 0.5) is 0 Å². The van der Waals surface area contributed by atoms with Gasteiger partial charge in [0.05, 0.1) is 0 Å². The summed E-state index contributed by atoms with van der Waals surface area (Å²) in [5.74, 6) is 1.68. The molecule has 1 aromatic carbocycles. The number of benzene rings is 1. The first kappa shape index (κ1) is 12.2. The summed E-state index contributed by atoms with van der Waals surface area (Å²) in [6, 6.07) is 6.04. The smallest absolute Gasteiger partial charge is 0.165 e. The van der Waals surface area contributed by atoms with Gasteiger partial charge in [-0.3, -0.25) is 0 Å². The molecule has 0 spiro atoms. The molecule has 17 heavy (non-hydrogen) atoms. The predicted octanol–water partition coefficient (Wildman–Crippen LogP) is 2.51. The van der Waals surface area contributed by atoms with Gasteiger partial charge in [0.25, 0.3) is 0 Å². The molecule has 3 nitrogen and oxygen atoms in total. The lowest BCUT2D eigenvalue weighted by atomic mass is 10.0. The number of hydrogen-bond donors (Lipinski definition) is 1. The van der Waals surface area contributed by atoms with Crippen molar-refractivity contribution in [3.8, 4) is 11.5 Å². The van der Waals surface area contributed by atoms with Crippen LogP contribution in [0.15, 0.2) is 18.2 Å². The third-order valence-corrected chi connectivity index (χ3v) is 3.11. The highest BCUT2D eigenvalue weighted by Crippen LogP contribution is 2.42. The first-order valence-electron chi connectivity index (χ1n) is 6.12. The zero-order chi connectivity index (χ0) is 12.6. The molecule has 1 heterocycles. The minimum absolute atomic E-state index is 0.000249. The van der Waals surface area contributed by atoms with Crippen LogP contribution in [-0.4, -0.2) is 17.7 Å². The number of fused-ring (bicyclic) bond motifs is 1. The van der Waals surface area contributed by atoms with Gasteiger partial charge in [0.2, 0.25) is 0 Å². The van der Waals surface area contributed by atoms with E-state index in [1.807, 2.05) is 26.0 Å². The zero-order valence-corrected chi connectivity index (χ0v) is 11.0. The van der Waals surface area contributed by atoms with Gasteiger partial charge in [0.1, 0.15) is 11.7 Å². The Kier molecular flexibility index (Phi) is 3.04. The van der Waals surface area contributed by atoms with Crippen LogP contribution in [0, 0.1) is 0 Å². The van der Waals surface area contributed by atoms with Gasteiger partial charge >= 0.3 is 0 Å². The molecule has 0 aromatic heterocycles. The summed E-state index contributed by atoms with van der Waals surface area (Å²) in [5.41, 5.74) is 6.89. The molecule has 0 amide bonds. The van der Waals surface area contributed by atoms with Crippen molar-refractivity contribution in [1.29, 1.82) is 0 Å². The maximum atomic E-state index is 5.94. The number of ether oxygens (including phenoxy) is 2. The Morgan fingerprint density at radius 2 is 2.06 bits per heavy atom. The van der Waals surface area contributed by atoms with Gasteiger partial charge < -0.3 is 15.2 Å². The molecule has 0 bridgehead atoms. The maximum absolute atomic E-state index is 5.94. The fraction of sp³-hybridized carbons (Fsp3) is 0.571. The Morgan fingerprint density at radius 1 is 1.35 bits per heavy atom. The van der Waals surface area contributed by atoms with Crippen molar-refractivity contribution in [2.45, 2.75) is 51.9 Å². The lowest BCUT2D eigenvalue weighted by Gasteiger charge is -2.21. The van der Waals surface area contributed by atoms with Gasteiger partial charge in [-0.1, -0.05) is 12.1 Å². The van der Waals surface area contributed by atoms with Crippen LogP contribution in [0.3, 0.4) is 0 Å². The van der Waals surface area contributed by atoms with Crippen molar-refractivity contribution >= 4 is 0 Å². The van der Waals surface area contributed by atoms with E-state index in [1.165, 1.54) is 5.56 Å². The van der Waals surface area contributed by atoms with E-state index in [4.69, 9.17) is 15.2 Å². The second-order valence-corrected chi connectivity index (χ2v) is 5.47. The van der Waals surface area contributed by atoms with Gasteiger partial charge in [-0.05, 0) is 33.8 Å². The summed E-state index contributed by atoms with van der Waals surface area (Å²) in [7, 11) is 0. The molecule has 1 aliphatic heterocycles. The fourth-order valence-corrected chi connectivity index (χ4v) is 1.99. The molecule has 3 heteroatoms. The van der Waals surface area contributed by atoms with Crippen molar-refractivity contribution in [2.75, 3.05) is 0 Å². The van der Waals surface area contributed by atoms with Crippen molar-refractivity contribution in [3.63, 3.8) is 0 Å². The molecule has 1 aromatic rings. The molecule has 94 valence electrons. The Bertz CT molecular complexity index is 413. The minimum atomic E-state index is -0.140. The predicted molar refractivity (Wildman–Crippen MR) is 68.6 cm³/mol. The summed E-state index contributed by atoms with van der Waals surface area (Å²) >= 11 is 0. The molecular weight excluding hydrogens is 214 g/mol. The van der Waals surface area contributed by atoms with Crippen LogP contribution in [0.1, 0.15) is 33.3 Å². The third kappa shape index (κ3) is 2.55. The SMILES string of the molecule is CC(N)C(C)Oc1cccc2c1OC(C)(C)C2. The zero-order valence-electron chi connectivity index (χ0n) is 11.0. The normalized spacial score (nSPS) is 20.3. The topological polar surface area (TPSA) is 44.5 Å². The fourth-order valence-electron chi connectivity index (χ4n) is 1.99. The first-order chi connectivity index (χ1) is 7.89. The van der Waals surface area contributed by atoms with E-state index in [0.29, 0.717) is 0 Å². The minimum Gasteiger partial charge on any atom is -0.485 e. The van der Waals surface area contributed by atoms with E-state index >= 15 is 0 Å². The first-order valence-corrected chi connectivity index (χ1v) is 6.12. The Balaban J connectivity index is 2.24. The van der Waals surface area contributed by atoms with Crippen LogP contribution in [-0.2, 0) is 6.42 Å². The Labute approximate surface area is 103 Å². The lowest BCUT2D eigenvalue weighted by molar-refractivity contribution is 0.124. The quantitative estimate of drug-likeness (QED) is 0.875. The van der Waals surface area contributed by atoms with Gasteiger partial charge in [0, 0.05) is 18.0 Å². The highest BCUT2D eigenvalue weighted by Gasteiger charge is 2.32. The second-order valence-electron chi connectivity index (χ2n) is 5.47. The van der Waals surface area contributed by atoms with E-state index in [1.54, 1.807) is 0 Å². The number of rotatable bonds is 3. The van der Waals surface area contributed by atoms with E-state index < -0.39 is 0 Å². The molecule has 2 unspecified atom stereocenters. The monoisotopic (exact) mass is 235 g/mol. The molecule has 0 fully saturated rings. The molecule has 1 aliphatic rings. The summed E-state index contributed by atoms with van der Waals surface area (Å²) in [4.78, 5) is 0. The molecule has 2 N–H and O–H groups in total. The van der Waals surface area contributed by atoms with E-state index in [2.05, 4.69) is 19.9 Å². The van der Waals surface area contributed by atoms with Gasteiger partial charge in [0.15, 0.2) is 11.5 Å². The van der Waals surface area contributed by atoms with Gasteiger partial charge in [-0.15, -0.1) is 0 Å². The highest BCUT2D eigenvalue weighted by molar-refractivity contribution is 5.50. The van der Waals surface area contributed by atoms with Crippen molar-refractivity contribution in [3.05, 3.63) is 23.8 Å². The van der Waals surface area contributed by atoms with Crippen LogP contribution in [0.2, 0.25) is 0 Å². The Morgan fingerprint density at radius 3 is 2.71 bits per heavy atom. The Hall–Kier alpha value is -1.22. The molecule has 2 rings (SSSR count). The van der Waals surface area contributed by atoms with Gasteiger partial charge in [-0.25, -0.2) is 0 Å². The summed E-state index contributed by atoms with van der Waals surface area (Å²) in [6.45, 7) is 8.10. The number of para-hydroxylation sites is 1. The highest BCUT2D eigenvalue weighted by atomic mass is 16.5. The van der Waals surface area contributed by atoms with Crippen LogP contribution in [0.5, 0.6) is 11.5 Å². The van der Waals surface area contributed by atoms with Crippen LogP contribution < -0.4 is 15.2 Å². The average molecular weight is 235 g/mol. The average Bonchev–Trinajstić information content (AvgIpc) is 2.53.